The summed E-state index contributed by atoms with van der Waals surface area (Å²) in [7, 11) is 3.24. The van der Waals surface area contributed by atoms with Gasteiger partial charge in [0.25, 0.3) is 0 Å². The van der Waals surface area contributed by atoms with Crippen LogP contribution in [0.25, 0.3) is 0 Å². The molecule has 90 valence electrons. The first-order chi connectivity index (χ1) is 7.80. The van der Waals surface area contributed by atoms with Crippen LogP contribution in [-0.4, -0.2) is 35.7 Å². The molecule has 1 N–H and O–H groups in total. The molecule has 0 bridgehead atoms. The van der Waals surface area contributed by atoms with E-state index in [1.807, 2.05) is 0 Å². The Morgan fingerprint density at radius 1 is 1.12 bits per heavy atom. The van der Waals surface area contributed by atoms with Gasteiger partial charge in [0, 0.05) is 7.05 Å². The van der Waals surface area contributed by atoms with Gasteiger partial charge < -0.3 is 14.8 Å². The first kappa shape index (κ1) is 12.5. The first-order valence-electron chi connectivity index (χ1n) is 5.40. The summed E-state index contributed by atoms with van der Waals surface area (Å²) in [5.74, 6) is 0.442. The van der Waals surface area contributed by atoms with E-state index < -0.39 is 0 Å². The number of anilines is 1. The molecule has 0 fully saturated rings. The van der Waals surface area contributed by atoms with Crippen LogP contribution in [0.5, 0.6) is 12.0 Å². The van der Waals surface area contributed by atoms with Crippen molar-refractivity contribution in [3.63, 3.8) is 0 Å². The van der Waals surface area contributed by atoms with Crippen LogP contribution < -0.4 is 14.8 Å². The number of nitrogens with zero attached hydrogens (tertiary/aromatic N) is 3. The standard InChI is InChI=1S/C10H18N4O2/c1-4-5-6-7-16-10-13-8(11-2)12-9(14-10)15-3/h4-7H2,1-3H3,(H,11,12,13,14). The summed E-state index contributed by atoms with van der Waals surface area (Å²) in [5, 5.41) is 2.82. The molecule has 6 nitrogen and oxygen atoms in total. The largest absolute Gasteiger partial charge is 0.467 e. The maximum atomic E-state index is 5.41. The van der Waals surface area contributed by atoms with Crippen molar-refractivity contribution in [1.29, 1.82) is 0 Å². The molecule has 16 heavy (non-hydrogen) atoms. The Bertz CT molecular complexity index is 297. The maximum absolute atomic E-state index is 5.41. The number of hydrogen-bond acceptors (Lipinski definition) is 6. The quantitative estimate of drug-likeness (QED) is 0.710. The fraction of sp³-hybridized carbons (Fsp3) is 0.700. The lowest BCUT2D eigenvalue weighted by Crippen LogP contribution is -2.06. The van der Waals surface area contributed by atoms with Crippen molar-refractivity contribution in [2.24, 2.45) is 0 Å². The zero-order chi connectivity index (χ0) is 11.8. The Kier molecular flexibility index (Phi) is 5.31. The molecular formula is C10H18N4O2. The van der Waals surface area contributed by atoms with Crippen molar-refractivity contribution in [2.75, 3.05) is 26.1 Å². The van der Waals surface area contributed by atoms with Crippen molar-refractivity contribution in [2.45, 2.75) is 26.2 Å². The van der Waals surface area contributed by atoms with Crippen LogP contribution in [0.15, 0.2) is 0 Å². The highest BCUT2D eigenvalue weighted by Gasteiger charge is 2.06. The van der Waals surface area contributed by atoms with Gasteiger partial charge in [-0.25, -0.2) is 0 Å². The number of rotatable bonds is 7. The summed E-state index contributed by atoms with van der Waals surface area (Å²) in [4.78, 5) is 12.0. The van der Waals surface area contributed by atoms with Crippen molar-refractivity contribution in [3.05, 3.63) is 0 Å². The minimum Gasteiger partial charge on any atom is -0.467 e. The van der Waals surface area contributed by atoms with Gasteiger partial charge in [0.15, 0.2) is 0 Å². The summed E-state index contributed by atoms with van der Waals surface area (Å²) in [6.45, 7) is 2.76. The van der Waals surface area contributed by atoms with Gasteiger partial charge >= 0.3 is 12.0 Å². The lowest BCUT2D eigenvalue weighted by Gasteiger charge is -2.06. The second-order valence-electron chi connectivity index (χ2n) is 3.23. The average Bonchev–Trinajstić information content (AvgIpc) is 2.34. The monoisotopic (exact) mass is 226 g/mol. The van der Waals surface area contributed by atoms with Gasteiger partial charge in [0.05, 0.1) is 13.7 Å². The molecule has 0 aliphatic heterocycles. The third-order valence-corrected chi connectivity index (χ3v) is 1.98. The van der Waals surface area contributed by atoms with Gasteiger partial charge in [-0.1, -0.05) is 19.8 Å². The molecule has 0 unspecified atom stereocenters. The van der Waals surface area contributed by atoms with E-state index in [1.54, 1.807) is 7.05 Å². The van der Waals surface area contributed by atoms with Crippen LogP contribution in [0.4, 0.5) is 5.95 Å². The number of methoxy groups -OCH3 is 1. The first-order valence-corrected chi connectivity index (χ1v) is 5.40. The molecule has 1 heterocycles. The lowest BCUT2D eigenvalue weighted by molar-refractivity contribution is 0.273. The molecule has 1 aromatic heterocycles. The number of ether oxygens (including phenoxy) is 2. The Labute approximate surface area is 95.4 Å². The van der Waals surface area contributed by atoms with Crippen LogP contribution in [-0.2, 0) is 0 Å². The van der Waals surface area contributed by atoms with E-state index in [-0.39, 0.29) is 6.01 Å². The molecule has 0 spiro atoms. The Morgan fingerprint density at radius 2 is 1.88 bits per heavy atom. The summed E-state index contributed by atoms with van der Waals surface area (Å²) in [6.07, 6.45) is 3.30. The molecule has 0 saturated heterocycles. The molecular weight excluding hydrogens is 208 g/mol. The third-order valence-electron chi connectivity index (χ3n) is 1.98. The molecule has 1 rings (SSSR count). The molecule has 0 aliphatic rings. The van der Waals surface area contributed by atoms with Crippen molar-refractivity contribution < 1.29 is 9.47 Å². The van der Waals surface area contributed by atoms with E-state index in [0.29, 0.717) is 18.6 Å². The molecule has 0 amide bonds. The lowest BCUT2D eigenvalue weighted by atomic mass is 10.3. The van der Waals surface area contributed by atoms with E-state index >= 15 is 0 Å². The number of aromatic nitrogens is 3. The van der Waals surface area contributed by atoms with E-state index in [4.69, 9.17) is 9.47 Å². The smallest absolute Gasteiger partial charge is 0.324 e. The van der Waals surface area contributed by atoms with Crippen molar-refractivity contribution in [1.82, 2.24) is 15.0 Å². The highest BCUT2D eigenvalue weighted by Crippen LogP contribution is 2.12. The fourth-order valence-electron chi connectivity index (χ4n) is 1.12. The summed E-state index contributed by atoms with van der Waals surface area (Å²) >= 11 is 0. The average molecular weight is 226 g/mol. The topological polar surface area (TPSA) is 69.2 Å². The summed E-state index contributed by atoms with van der Waals surface area (Å²) < 4.78 is 10.4. The molecule has 0 aromatic carbocycles. The Hall–Kier alpha value is -1.59. The van der Waals surface area contributed by atoms with Gasteiger partial charge in [-0.3, -0.25) is 0 Å². The number of nitrogens with one attached hydrogen (secondary N) is 1. The second kappa shape index (κ2) is 6.81. The van der Waals surface area contributed by atoms with Gasteiger partial charge in [-0.15, -0.1) is 4.98 Å². The van der Waals surface area contributed by atoms with E-state index in [9.17, 15) is 0 Å². The van der Waals surface area contributed by atoms with Crippen LogP contribution >= 0.6 is 0 Å². The van der Waals surface area contributed by atoms with Gasteiger partial charge in [-0.05, 0) is 6.42 Å². The van der Waals surface area contributed by atoms with E-state index in [2.05, 4.69) is 27.2 Å². The van der Waals surface area contributed by atoms with E-state index in [1.165, 1.54) is 7.11 Å². The normalized spacial score (nSPS) is 9.94. The predicted octanol–water partition coefficient (Wildman–Crippen LogP) is 1.49. The minimum absolute atomic E-state index is 0.254. The van der Waals surface area contributed by atoms with Crippen LogP contribution in [0.1, 0.15) is 26.2 Å². The maximum Gasteiger partial charge on any atom is 0.324 e. The SMILES string of the molecule is CCCCCOc1nc(NC)nc(OC)n1. The van der Waals surface area contributed by atoms with Gasteiger partial charge in [-0.2, -0.15) is 9.97 Å². The van der Waals surface area contributed by atoms with Crippen molar-refractivity contribution in [3.8, 4) is 12.0 Å². The predicted molar refractivity (Wildman–Crippen MR) is 60.9 cm³/mol. The number of unbranched alkanes of at least 4 members (excludes halogenated alkanes) is 2. The van der Waals surface area contributed by atoms with Gasteiger partial charge in [0.1, 0.15) is 0 Å². The van der Waals surface area contributed by atoms with Crippen molar-refractivity contribution >= 4 is 5.95 Å². The Morgan fingerprint density at radius 3 is 2.50 bits per heavy atom. The highest BCUT2D eigenvalue weighted by atomic mass is 16.5. The van der Waals surface area contributed by atoms with Gasteiger partial charge in [0.2, 0.25) is 5.95 Å². The zero-order valence-electron chi connectivity index (χ0n) is 9.99. The minimum atomic E-state index is 0.254. The third kappa shape index (κ3) is 3.88. The van der Waals surface area contributed by atoms with Crippen LogP contribution in [0, 0.1) is 0 Å². The zero-order valence-corrected chi connectivity index (χ0v) is 9.99. The molecule has 0 aliphatic carbocycles. The fourth-order valence-corrected chi connectivity index (χ4v) is 1.12. The second-order valence-corrected chi connectivity index (χ2v) is 3.23. The molecule has 0 radical (unpaired) electrons. The Balaban J connectivity index is 2.57. The molecule has 1 aromatic rings. The summed E-state index contributed by atoms with van der Waals surface area (Å²) in [5.41, 5.74) is 0. The van der Waals surface area contributed by atoms with Crippen LogP contribution in [0.3, 0.4) is 0 Å². The number of hydrogen-bond donors (Lipinski definition) is 1. The molecule has 0 saturated carbocycles. The summed E-state index contributed by atoms with van der Waals surface area (Å²) in [6, 6.07) is 0.553. The van der Waals surface area contributed by atoms with Crippen LogP contribution in [0.2, 0.25) is 0 Å². The highest BCUT2D eigenvalue weighted by molar-refractivity contribution is 5.26. The van der Waals surface area contributed by atoms with E-state index in [0.717, 1.165) is 19.3 Å². The molecule has 0 atom stereocenters. The molecule has 6 heteroatoms.